The number of aromatic nitrogens is 4. The van der Waals surface area contributed by atoms with Crippen molar-refractivity contribution >= 4 is 12.4 Å². The van der Waals surface area contributed by atoms with Crippen molar-refractivity contribution in [2.45, 2.75) is 38.8 Å². The summed E-state index contributed by atoms with van der Waals surface area (Å²) in [5.74, 6) is 0. The highest BCUT2D eigenvalue weighted by atomic mass is 35.5. The number of likely N-dealkylation sites (tertiary alicyclic amines) is 1. The molecular formula is C21H28ClN5. The van der Waals surface area contributed by atoms with Gasteiger partial charge in [0.05, 0.1) is 31.0 Å². The molecule has 27 heavy (non-hydrogen) atoms. The predicted molar refractivity (Wildman–Crippen MR) is 111 cm³/mol. The molecule has 0 spiro atoms. The smallest absolute Gasteiger partial charge is 0.0954 e. The molecule has 1 fully saturated rings. The van der Waals surface area contributed by atoms with E-state index in [4.69, 9.17) is 0 Å². The number of imidazole rings is 1. The van der Waals surface area contributed by atoms with Gasteiger partial charge in [0.2, 0.25) is 0 Å². The zero-order chi connectivity index (χ0) is 17.8. The summed E-state index contributed by atoms with van der Waals surface area (Å²) in [6.45, 7) is 6.63. The molecule has 1 unspecified atom stereocenters. The van der Waals surface area contributed by atoms with Crippen molar-refractivity contribution < 1.29 is 0 Å². The Balaban J connectivity index is 0.00000210. The Kier molecular flexibility index (Phi) is 6.69. The zero-order valence-electron chi connectivity index (χ0n) is 15.9. The van der Waals surface area contributed by atoms with Crippen LogP contribution >= 0.6 is 12.4 Å². The van der Waals surface area contributed by atoms with Crippen molar-refractivity contribution in [3.05, 3.63) is 60.8 Å². The van der Waals surface area contributed by atoms with Gasteiger partial charge < -0.3 is 9.47 Å². The average Bonchev–Trinajstić information content (AvgIpc) is 3.42. The van der Waals surface area contributed by atoms with Crippen molar-refractivity contribution in [3.63, 3.8) is 0 Å². The molecule has 0 aliphatic carbocycles. The first-order chi connectivity index (χ1) is 12.8. The lowest BCUT2D eigenvalue weighted by molar-refractivity contribution is 0.273. The molecule has 5 nitrogen and oxygen atoms in total. The van der Waals surface area contributed by atoms with Gasteiger partial charge in [0, 0.05) is 24.3 Å². The van der Waals surface area contributed by atoms with Crippen LogP contribution in [-0.2, 0) is 6.54 Å². The minimum absolute atomic E-state index is 0. The van der Waals surface area contributed by atoms with Crippen LogP contribution in [0.5, 0.6) is 0 Å². The Hall–Kier alpha value is -2.11. The quantitative estimate of drug-likeness (QED) is 0.609. The summed E-state index contributed by atoms with van der Waals surface area (Å²) in [6, 6.07) is 10.9. The first-order valence-electron chi connectivity index (χ1n) is 9.64. The van der Waals surface area contributed by atoms with Crippen LogP contribution in [0.2, 0.25) is 0 Å². The minimum atomic E-state index is 0. The molecule has 0 saturated carbocycles. The Labute approximate surface area is 167 Å². The van der Waals surface area contributed by atoms with E-state index in [9.17, 15) is 0 Å². The van der Waals surface area contributed by atoms with Crippen LogP contribution in [-0.4, -0.2) is 43.9 Å². The molecule has 3 heterocycles. The number of benzene rings is 1. The van der Waals surface area contributed by atoms with Gasteiger partial charge in [-0.05, 0) is 37.9 Å². The normalized spacial score (nSPS) is 15.6. The number of hydrogen-bond donors (Lipinski definition) is 0. The van der Waals surface area contributed by atoms with E-state index >= 15 is 0 Å². The Morgan fingerprint density at radius 3 is 2.59 bits per heavy atom. The molecular weight excluding hydrogens is 358 g/mol. The highest BCUT2D eigenvalue weighted by Gasteiger charge is 2.20. The van der Waals surface area contributed by atoms with Crippen LogP contribution in [0.15, 0.2) is 55.2 Å². The lowest BCUT2D eigenvalue weighted by Crippen LogP contribution is -2.28. The van der Waals surface area contributed by atoms with E-state index in [1.807, 2.05) is 29.5 Å². The molecule has 3 aromatic rings. The zero-order valence-corrected chi connectivity index (χ0v) is 16.7. The van der Waals surface area contributed by atoms with Crippen molar-refractivity contribution in [1.29, 1.82) is 0 Å². The number of halogens is 1. The predicted octanol–water partition coefficient (Wildman–Crippen LogP) is 4.26. The van der Waals surface area contributed by atoms with Gasteiger partial charge in [-0.15, -0.1) is 12.4 Å². The topological polar surface area (TPSA) is 38.9 Å². The summed E-state index contributed by atoms with van der Waals surface area (Å²) in [5, 5.41) is 4.56. The third-order valence-corrected chi connectivity index (χ3v) is 5.31. The maximum atomic E-state index is 4.56. The van der Waals surface area contributed by atoms with Crippen molar-refractivity contribution in [2.75, 3.05) is 19.6 Å². The highest BCUT2D eigenvalue weighted by molar-refractivity contribution is 5.85. The van der Waals surface area contributed by atoms with Crippen LogP contribution in [0.3, 0.4) is 0 Å². The van der Waals surface area contributed by atoms with E-state index in [0.717, 1.165) is 30.8 Å². The summed E-state index contributed by atoms with van der Waals surface area (Å²) < 4.78 is 4.34. The average molecular weight is 386 g/mol. The van der Waals surface area contributed by atoms with Crippen LogP contribution in [0, 0.1) is 0 Å². The Morgan fingerprint density at radius 2 is 1.85 bits per heavy atom. The molecule has 0 bridgehead atoms. The van der Waals surface area contributed by atoms with E-state index in [2.05, 4.69) is 56.9 Å². The van der Waals surface area contributed by atoms with Crippen LogP contribution in [0.1, 0.15) is 37.8 Å². The molecule has 1 atom stereocenters. The van der Waals surface area contributed by atoms with E-state index < -0.39 is 0 Å². The first-order valence-corrected chi connectivity index (χ1v) is 9.64. The molecule has 0 radical (unpaired) electrons. The number of rotatable bonds is 7. The molecule has 144 valence electrons. The van der Waals surface area contributed by atoms with Gasteiger partial charge in [-0.1, -0.05) is 37.3 Å². The Morgan fingerprint density at radius 1 is 1.07 bits per heavy atom. The van der Waals surface area contributed by atoms with Gasteiger partial charge >= 0.3 is 0 Å². The van der Waals surface area contributed by atoms with Gasteiger partial charge in [0.15, 0.2) is 0 Å². The molecule has 0 N–H and O–H groups in total. The molecule has 1 aliphatic rings. The van der Waals surface area contributed by atoms with Gasteiger partial charge in [-0.2, -0.15) is 5.10 Å². The first kappa shape index (κ1) is 19.6. The fourth-order valence-corrected chi connectivity index (χ4v) is 3.85. The van der Waals surface area contributed by atoms with Gasteiger partial charge in [0.25, 0.3) is 0 Å². The molecule has 0 amide bonds. The van der Waals surface area contributed by atoms with Gasteiger partial charge in [0.1, 0.15) is 0 Å². The van der Waals surface area contributed by atoms with E-state index in [0.29, 0.717) is 6.04 Å². The maximum absolute atomic E-state index is 4.56. The second-order valence-corrected chi connectivity index (χ2v) is 7.17. The van der Waals surface area contributed by atoms with E-state index in [1.165, 1.54) is 31.5 Å². The van der Waals surface area contributed by atoms with Crippen molar-refractivity contribution in [2.24, 2.45) is 0 Å². The van der Waals surface area contributed by atoms with Gasteiger partial charge in [-0.3, -0.25) is 4.68 Å². The van der Waals surface area contributed by atoms with Crippen LogP contribution in [0.25, 0.3) is 11.3 Å². The third kappa shape index (κ3) is 4.60. The largest absolute Gasteiger partial charge is 0.326 e. The lowest BCUT2D eigenvalue weighted by atomic mass is 10.1. The summed E-state index contributed by atoms with van der Waals surface area (Å²) in [7, 11) is 0. The fraction of sp³-hybridized carbons (Fsp3) is 0.429. The van der Waals surface area contributed by atoms with E-state index in [1.54, 1.807) is 0 Å². The molecule has 2 aromatic heterocycles. The molecule has 1 saturated heterocycles. The minimum Gasteiger partial charge on any atom is -0.326 e. The second-order valence-electron chi connectivity index (χ2n) is 7.17. The molecule has 1 aliphatic heterocycles. The van der Waals surface area contributed by atoms with Crippen LogP contribution in [0.4, 0.5) is 0 Å². The Bertz CT molecular complexity index is 820. The second kappa shape index (κ2) is 9.20. The maximum Gasteiger partial charge on any atom is 0.0954 e. The SMILES string of the molecule is CCC(CN1CCCC1)n1cncc1-c1cnn(Cc2ccccc2)c1.Cl. The third-order valence-electron chi connectivity index (χ3n) is 5.31. The molecule has 4 rings (SSSR count). The standard InChI is InChI=1S/C21H27N5.ClH/c1-2-20(16-24-10-6-7-11-24)26-17-22-13-21(26)19-12-23-25(15-19)14-18-8-4-3-5-9-18;/h3-5,8-9,12-13,15,17,20H,2,6-7,10-11,14,16H2,1H3;1H. The summed E-state index contributed by atoms with van der Waals surface area (Å²) >= 11 is 0. The van der Waals surface area contributed by atoms with Crippen molar-refractivity contribution in [3.8, 4) is 11.3 Å². The summed E-state index contributed by atoms with van der Waals surface area (Å²) in [5.41, 5.74) is 3.56. The molecule has 1 aromatic carbocycles. The van der Waals surface area contributed by atoms with Crippen LogP contribution < -0.4 is 0 Å². The number of nitrogens with zero attached hydrogens (tertiary/aromatic N) is 5. The van der Waals surface area contributed by atoms with Crippen molar-refractivity contribution in [1.82, 2.24) is 24.2 Å². The summed E-state index contributed by atoms with van der Waals surface area (Å²) in [4.78, 5) is 7.02. The van der Waals surface area contributed by atoms with E-state index in [-0.39, 0.29) is 12.4 Å². The highest BCUT2D eigenvalue weighted by Crippen LogP contribution is 2.25. The number of hydrogen-bond acceptors (Lipinski definition) is 3. The van der Waals surface area contributed by atoms with Gasteiger partial charge in [-0.25, -0.2) is 4.98 Å². The molecule has 6 heteroatoms. The monoisotopic (exact) mass is 385 g/mol. The fourth-order valence-electron chi connectivity index (χ4n) is 3.85. The lowest BCUT2D eigenvalue weighted by Gasteiger charge is -2.25. The summed E-state index contributed by atoms with van der Waals surface area (Å²) in [6.07, 6.45) is 11.8.